The minimum absolute atomic E-state index is 0. The molecule has 0 saturated carbocycles. The highest BCUT2D eigenvalue weighted by molar-refractivity contribution is 9.10. The number of phenols is 2. The van der Waals surface area contributed by atoms with Gasteiger partial charge in [-0.15, -0.1) is 0 Å². The molecule has 5 aliphatic heterocycles. The lowest BCUT2D eigenvalue weighted by Gasteiger charge is -2.34. The van der Waals surface area contributed by atoms with Crippen LogP contribution in [0.25, 0.3) is 11.1 Å². The number of ether oxygens (including phenoxy) is 10. The van der Waals surface area contributed by atoms with Gasteiger partial charge in [-0.25, -0.2) is 0 Å². The molecule has 10 atom stereocenters. The maximum Gasteiger partial charge on any atom is 0.492 e. The highest BCUT2D eigenvalue weighted by Crippen LogP contribution is 2.49. The first kappa shape index (κ1) is 86.2. The number of amides is 3. The van der Waals surface area contributed by atoms with Crippen LogP contribution in [-0.2, 0) is 14.4 Å². The second kappa shape index (κ2) is 38.0. The van der Waals surface area contributed by atoms with Crippen LogP contribution in [0.2, 0.25) is 10.0 Å². The number of carbonyl (C=O) groups is 3. The summed E-state index contributed by atoms with van der Waals surface area (Å²) >= 11 is 16.9. The van der Waals surface area contributed by atoms with E-state index in [1.54, 1.807) is 82.9 Å². The van der Waals surface area contributed by atoms with Gasteiger partial charge < -0.3 is 94.4 Å². The number of nitrogens with zero attached hydrogens (tertiary/aromatic N) is 2. The van der Waals surface area contributed by atoms with Gasteiger partial charge in [0.05, 0.1) is 77.4 Å². The Labute approximate surface area is 661 Å². The predicted molar refractivity (Wildman–Crippen MR) is 427 cm³/mol. The Bertz CT molecular complexity index is 4610. The summed E-state index contributed by atoms with van der Waals surface area (Å²) in [4.78, 5) is 46.7. The van der Waals surface area contributed by atoms with E-state index in [2.05, 4.69) is 38.8 Å². The number of hydrogen-bond donors (Lipinski definition) is 9. The van der Waals surface area contributed by atoms with Crippen molar-refractivity contribution in [3.8, 4) is 91.6 Å². The largest absolute Gasteiger partial charge is 0.504 e. The smallest absolute Gasteiger partial charge is 0.492 e. The number of phenolic OH excluding ortho intramolecular Hbond substituents is 2. The van der Waals surface area contributed by atoms with Crippen LogP contribution in [0.1, 0.15) is 148 Å². The highest BCUT2D eigenvalue weighted by Gasteiger charge is 2.39. The number of aromatic hydroxyl groups is 2. The predicted octanol–water partition coefficient (Wildman–Crippen LogP) is 13.6. The number of methoxy groups -OCH3 is 8. The fourth-order valence-corrected chi connectivity index (χ4v) is 14.9. The van der Waals surface area contributed by atoms with Crippen LogP contribution in [-0.4, -0.2) is 156 Å². The van der Waals surface area contributed by atoms with Crippen molar-refractivity contribution in [2.45, 2.75) is 114 Å². The zero-order valence-corrected chi connectivity index (χ0v) is 67.4. The Morgan fingerprint density at radius 2 is 1.09 bits per heavy atom. The topological polar surface area (TPSA) is 313 Å². The number of carbonyl (C=O) groups excluding carboxylic acids is 3. The molecule has 0 unspecified atom stereocenters. The molecule has 0 fully saturated rings. The number of aliphatic hydroxyl groups excluding tert-OH is 1. The summed E-state index contributed by atoms with van der Waals surface area (Å²) in [5.41, 5.74) is 13.8. The van der Waals surface area contributed by atoms with Crippen LogP contribution in [0.3, 0.4) is 0 Å². The average molecular weight is 1630 g/mol. The lowest BCUT2D eigenvalue weighted by molar-refractivity contribution is -0.135. The molecule has 5 heterocycles. The molecule has 0 spiro atoms. The molecule has 8 aromatic carbocycles. The van der Waals surface area contributed by atoms with Crippen molar-refractivity contribution in [2.24, 2.45) is 5.73 Å². The quantitative estimate of drug-likeness (QED) is 0.0484. The van der Waals surface area contributed by atoms with Crippen molar-refractivity contribution >= 4 is 69.4 Å². The third-order valence-corrected chi connectivity index (χ3v) is 21.4. The Hall–Kier alpha value is -9.42. The normalized spacial score (nSPS) is 20.2. The molecule has 0 aromatic heterocycles. The summed E-state index contributed by atoms with van der Waals surface area (Å²) in [5.74, 6) is 3.16. The Balaban J connectivity index is 0.000000258. The number of rotatable bonds is 13. The Morgan fingerprint density at radius 1 is 0.582 bits per heavy atom. The molecule has 0 radical (unpaired) electrons. The van der Waals surface area contributed by atoms with Gasteiger partial charge in [0.15, 0.2) is 23.0 Å². The van der Waals surface area contributed by atoms with Gasteiger partial charge in [-0.3, -0.25) is 28.9 Å². The number of hydrogen-bond acceptors (Lipinski definition) is 21. The van der Waals surface area contributed by atoms with E-state index in [0.717, 1.165) is 33.1 Å². The molecule has 10 N–H and O–H groups in total. The van der Waals surface area contributed by atoms with E-state index in [9.17, 15) is 39.8 Å². The van der Waals surface area contributed by atoms with Crippen molar-refractivity contribution in [3.05, 3.63) is 180 Å². The van der Waals surface area contributed by atoms with Crippen molar-refractivity contribution in [1.82, 2.24) is 25.8 Å². The SMILES string of the molecule is CC[C@@H](C)c1cc(OC)cc(OC)c1B(O)O.CC[C@H]1NC(=O)[C@H]2NC(=O)[C@H](c3ccc(OC)c(c3)-c3c(OC)cc(OC)cc31)N(C)C[C@H](N)c1cc(O)c(OC)c(c1)Oc1ccc(cc1Cl)[C@H]2O.COc1ccc([C@@H]2C(=O)N[C@H](C)[C@H](C)c3ccc(c(Cl)c3)Oc3cc(cc(O)c3OC)[C@@H](C)CN2C)cc1Br.F.[2HH]. The maximum atomic E-state index is 14.7. The van der Waals surface area contributed by atoms with E-state index >= 15 is 0 Å². The molecule has 0 aliphatic carbocycles. The fraction of sp³-hybridized carbons (Fsp3) is 0.370. The van der Waals surface area contributed by atoms with Gasteiger partial charge >= 0.3 is 7.12 Å². The Kier molecular flexibility index (Phi) is 29.8. The lowest BCUT2D eigenvalue weighted by atomic mass is 9.73. The number of aliphatic hydroxyl groups is 1. The molecule has 8 aromatic rings. The van der Waals surface area contributed by atoms with E-state index in [0.29, 0.717) is 97.3 Å². The van der Waals surface area contributed by atoms with Gasteiger partial charge in [-0.2, -0.15) is 0 Å². The number of nitrogens with two attached hydrogens (primary N) is 1. The standard InChI is InChI=1S/C39H43ClN4O9.C30H34BrClN2O5.C12H19BO4.FH.H2/c1-7-27-23-16-22(49-3)17-31(51-5)33(23)24-12-19(8-10-29(24)50-4)35-39(48)43-34(38(47)42-27)36(46)20-9-11-30(25(40)13-20)53-32-15-21(26(41)18-44(35)2)14-28(45)37(32)52-6;1-16-15-34(4)28(20-8-9-25(37-5)22(31)11-20)30(36)33-18(3)17(2)19-7-10-26(23(32)12-19)39-27-14-21(16)13-24(35)29(27)38-6;1-5-8(2)10-6-9(16-3)7-11(17-4)12(10)13(14)15;;/h8-17,26-27,34-36,45-46H,7,18,41H2,1-6H3,(H,42,47)(H,43,48);7-14,16-18,28,35H,15H2,1-6H3,(H,33,36);6-8,14-15H,5H2,1-4H3;2*1H/t26-,27+,34-,35-,36+;16-,17-,18+,28+;8-;;/m001../s1/i;;;;1+1. The minimum Gasteiger partial charge on any atom is -0.504 e. The first-order chi connectivity index (χ1) is 52.0. The minimum atomic E-state index is -1.56. The number of halogens is 4. The van der Waals surface area contributed by atoms with E-state index in [4.69, 9.17) is 76.3 Å². The Morgan fingerprint density at radius 3 is 1.63 bits per heavy atom. The maximum absolute atomic E-state index is 14.7. The van der Waals surface area contributed by atoms with E-state index < -0.39 is 55.2 Å². The monoisotopic (exact) mass is 1620 g/mol. The van der Waals surface area contributed by atoms with Crippen molar-refractivity contribution in [2.75, 3.05) is 84.1 Å². The van der Waals surface area contributed by atoms with Crippen LogP contribution < -0.4 is 74.5 Å². The fourth-order valence-electron chi connectivity index (χ4n) is 13.9. The molecule has 13 rings (SSSR count). The highest BCUT2D eigenvalue weighted by atomic mass is 79.9. The summed E-state index contributed by atoms with van der Waals surface area (Å²) < 4.78 is 57.1. The molecule has 24 nitrogen and oxygen atoms in total. The number of likely N-dealkylation sites (N-methyl/N-ethyl adjacent to an activating group) is 2. The summed E-state index contributed by atoms with van der Waals surface area (Å²) in [6, 6.07) is 30.1. The zero-order chi connectivity index (χ0) is 79.6. The third kappa shape index (κ3) is 18.9. The summed E-state index contributed by atoms with van der Waals surface area (Å²) in [5, 5.41) is 62.2. The second-order valence-electron chi connectivity index (χ2n) is 27.1. The van der Waals surface area contributed by atoms with Crippen LogP contribution in [0, 0.1) is 0 Å². The zero-order valence-electron chi connectivity index (χ0n) is 64.3. The molecule has 110 heavy (non-hydrogen) atoms. The van der Waals surface area contributed by atoms with Crippen LogP contribution in [0.15, 0.2) is 126 Å². The van der Waals surface area contributed by atoms with Gasteiger partial charge in [0.25, 0.3) is 0 Å². The lowest BCUT2D eigenvalue weighted by Crippen LogP contribution is -2.53. The van der Waals surface area contributed by atoms with Gasteiger partial charge in [-0.1, -0.05) is 82.1 Å². The molecule has 0 saturated heterocycles. The van der Waals surface area contributed by atoms with Crippen LogP contribution in [0.4, 0.5) is 4.70 Å². The second-order valence-corrected chi connectivity index (χ2v) is 28.7. The van der Waals surface area contributed by atoms with Crippen LogP contribution in [0.5, 0.6) is 80.5 Å². The third-order valence-electron chi connectivity index (χ3n) is 20.1. The van der Waals surface area contributed by atoms with Gasteiger partial charge in [0.1, 0.15) is 70.2 Å². The van der Waals surface area contributed by atoms with Crippen molar-refractivity contribution in [1.29, 1.82) is 0 Å². The number of fused-ring (bicyclic) bond motifs is 17. The van der Waals surface area contributed by atoms with Crippen molar-refractivity contribution in [3.63, 3.8) is 0 Å². The molecule has 592 valence electrons. The molecular formula is C81H99BBrCl2FN6O18. The van der Waals surface area contributed by atoms with Crippen molar-refractivity contribution < 1.29 is 93.3 Å². The molecule has 12 bridgehead atoms. The van der Waals surface area contributed by atoms with E-state index in [-0.39, 0.29) is 87.5 Å². The number of benzene rings is 8. The van der Waals surface area contributed by atoms with E-state index in [1.807, 2.05) is 101 Å². The first-order valence-electron chi connectivity index (χ1n) is 35.4. The molecule has 3 amide bonds. The summed E-state index contributed by atoms with van der Waals surface area (Å²) in [7, 11) is 14.3. The summed E-state index contributed by atoms with van der Waals surface area (Å²) in [6.07, 6.45) is -0.232. The number of nitrogens with one attached hydrogen (secondary N) is 3. The molecular weight excluding hydrogens is 1530 g/mol. The average Bonchev–Trinajstić information content (AvgIpc) is 0.703. The van der Waals surface area contributed by atoms with Gasteiger partial charge in [0.2, 0.25) is 29.2 Å². The van der Waals surface area contributed by atoms with Gasteiger partial charge in [0, 0.05) is 61.2 Å². The molecule has 5 aliphatic rings. The van der Waals surface area contributed by atoms with E-state index in [1.165, 1.54) is 52.7 Å². The first-order valence-corrected chi connectivity index (χ1v) is 37.0. The summed E-state index contributed by atoms with van der Waals surface area (Å²) in [6.45, 7) is 12.7. The molecule has 29 heteroatoms. The van der Waals surface area contributed by atoms with Gasteiger partial charge in [-0.05, 0) is 191 Å². The van der Waals surface area contributed by atoms with Crippen LogP contribution >= 0.6 is 39.1 Å².